The fourth-order valence-corrected chi connectivity index (χ4v) is 3.54. The van der Waals surface area contributed by atoms with Crippen LogP contribution < -0.4 is 0 Å². The molecule has 2 saturated heterocycles. The minimum Gasteiger partial charge on any atom is -0.387 e. The van der Waals surface area contributed by atoms with Crippen molar-refractivity contribution in [2.45, 2.75) is 12.5 Å². The lowest BCUT2D eigenvalue weighted by molar-refractivity contribution is 0.0308. The van der Waals surface area contributed by atoms with Crippen LogP contribution in [-0.4, -0.2) is 67.4 Å². The van der Waals surface area contributed by atoms with Crippen molar-refractivity contribution in [3.63, 3.8) is 0 Å². The van der Waals surface area contributed by atoms with Gasteiger partial charge in [0.05, 0.1) is 24.9 Å². The van der Waals surface area contributed by atoms with E-state index in [0.29, 0.717) is 5.92 Å². The minimum atomic E-state index is -1.13. The zero-order valence-corrected chi connectivity index (χ0v) is 13.3. The van der Waals surface area contributed by atoms with Gasteiger partial charge in [-0.2, -0.15) is 0 Å². The SMILES string of the molecule is OC(CN1CCC(CN2CCOCC2)C1)c1c(F)cccc1F. The summed E-state index contributed by atoms with van der Waals surface area (Å²) in [6.45, 7) is 6.57. The van der Waals surface area contributed by atoms with Crippen LogP contribution in [0.3, 0.4) is 0 Å². The third-order valence-corrected chi connectivity index (χ3v) is 4.75. The van der Waals surface area contributed by atoms with E-state index in [1.54, 1.807) is 0 Å². The van der Waals surface area contributed by atoms with Crippen LogP contribution in [0.25, 0.3) is 0 Å². The lowest BCUT2D eigenvalue weighted by Crippen LogP contribution is -2.40. The molecular weight excluding hydrogens is 302 g/mol. The van der Waals surface area contributed by atoms with E-state index in [2.05, 4.69) is 9.80 Å². The first-order valence-electron chi connectivity index (χ1n) is 8.28. The van der Waals surface area contributed by atoms with Crippen molar-refractivity contribution in [2.24, 2.45) is 5.92 Å². The van der Waals surface area contributed by atoms with Crippen molar-refractivity contribution in [3.8, 4) is 0 Å². The molecule has 2 atom stereocenters. The molecule has 23 heavy (non-hydrogen) atoms. The number of morpholine rings is 1. The van der Waals surface area contributed by atoms with Crippen molar-refractivity contribution in [1.29, 1.82) is 0 Å². The number of nitrogens with zero attached hydrogens (tertiary/aromatic N) is 2. The number of hydrogen-bond acceptors (Lipinski definition) is 4. The number of aliphatic hydroxyl groups excluding tert-OH is 1. The fourth-order valence-electron chi connectivity index (χ4n) is 3.54. The summed E-state index contributed by atoms with van der Waals surface area (Å²) >= 11 is 0. The Hall–Kier alpha value is -1.08. The Balaban J connectivity index is 1.51. The second-order valence-electron chi connectivity index (χ2n) is 6.48. The van der Waals surface area contributed by atoms with Gasteiger partial charge in [0.1, 0.15) is 11.6 Å². The summed E-state index contributed by atoms with van der Waals surface area (Å²) in [7, 11) is 0. The Morgan fingerprint density at radius 2 is 1.83 bits per heavy atom. The molecule has 128 valence electrons. The first-order valence-corrected chi connectivity index (χ1v) is 8.28. The van der Waals surface area contributed by atoms with Crippen LogP contribution in [0.15, 0.2) is 18.2 Å². The summed E-state index contributed by atoms with van der Waals surface area (Å²) in [5, 5.41) is 10.2. The van der Waals surface area contributed by atoms with Crippen LogP contribution in [0.5, 0.6) is 0 Å². The normalized spacial score (nSPS) is 24.9. The molecular formula is C17H24F2N2O2. The maximum atomic E-state index is 13.7. The number of halogens is 2. The lowest BCUT2D eigenvalue weighted by atomic mass is 10.1. The zero-order chi connectivity index (χ0) is 16.2. The number of β-amino-alcohol motifs (C(OH)–C–C–N with tert-alkyl or cyclic N) is 1. The van der Waals surface area contributed by atoms with Crippen LogP contribution in [0, 0.1) is 17.6 Å². The van der Waals surface area contributed by atoms with Gasteiger partial charge >= 0.3 is 0 Å². The third-order valence-electron chi connectivity index (χ3n) is 4.75. The molecule has 0 spiro atoms. The fraction of sp³-hybridized carbons (Fsp3) is 0.647. The van der Waals surface area contributed by atoms with E-state index in [1.165, 1.54) is 18.2 Å². The van der Waals surface area contributed by atoms with Gasteiger partial charge in [0.15, 0.2) is 0 Å². The average Bonchev–Trinajstić information content (AvgIpc) is 2.95. The molecule has 0 aromatic heterocycles. The molecule has 0 bridgehead atoms. The van der Waals surface area contributed by atoms with Crippen LogP contribution in [-0.2, 0) is 4.74 Å². The largest absolute Gasteiger partial charge is 0.387 e. The molecule has 1 aromatic carbocycles. The molecule has 2 unspecified atom stereocenters. The standard InChI is InChI=1S/C17H24F2N2O2/c18-14-2-1-3-15(19)17(14)16(22)12-21-5-4-13(11-21)10-20-6-8-23-9-7-20/h1-3,13,16,22H,4-12H2. The maximum absolute atomic E-state index is 13.7. The smallest absolute Gasteiger partial charge is 0.131 e. The molecule has 1 aromatic rings. The van der Waals surface area contributed by atoms with E-state index in [1.807, 2.05) is 0 Å². The number of hydrogen-bond donors (Lipinski definition) is 1. The minimum absolute atomic E-state index is 0.218. The van der Waals surface area contributed by atoms with Gasteiger partial charge in [0.2, 0.25) is 0 Å². The molecule has 2 aliphatic rings. The van der Waals surface area contributed by atoms with Gasteiger partial charge in [0, 0.05) is 32.7 Å². The Kier molecular flexibility index (Phi) is 5.58. The highest BCUT2D eigenvalue weighted by atomic mass is 19.1. The second-order valence-corrected chi connectivity index (χ2v) is 6.48. The molecule has 3 rings (SSSR count). The van der Waals surface area contributed by atoms with Crippen LogP contribution >= 0.6 is 0 Å². The lowest BCUT2D eigenvalue weighted by Gasteiger charge is -2.29. The second kappa shape index (κ2) is 7.66. The van der Waals surface area contributed by atoms with Crippen LogP contribution in [0.2, 0.25) is 0 Å². The van der Waals surface area contributed by atoms with E-state index in [4.69, 9.17) is 4.74 Å². The molecule has 6 heteroatoms. The van der Waals surface area contributed by atoms with Gasteiger partial charge in [-0.3, -0.25) is 4.90 Å². The van der Waals surface area contributed by atoms with E-state index in [-0.39, 0.29) is 12.1 Å². The molecule has 2 heterocycles. The molecule has 1 N–H and O–H groups in total. The maximum Gasteiger partial charge on any atom is 0.131 e. The highest BCUT2D eigenvalue weighted by molar-refractivity contribution is 5.22. The average molecular weight is 326 g/mol. The molecule has 2 fully saturated rings. The quantitative estimate of drug-likeness (QED) is 0.893. The summed E-state index contributed by atoms with van der Waals surface area (Å²) in [4.78, 5) is 4.51. The molecule has 0 amide bonds. The first kappa shape index (κ1) is 16.8. The van der Waals surface area contributed by atoms with Crippen molar-refractivity contribution in [2.75, 3.05) is 52.5 Å². The van der Waals surface area contributed by atoms with E-state index in [0.717, 1.165) is 52.4 Å². The Morgan fingerprint density at radius 1 is 1.13 bits per heavy atom. The topological polar surface area (TPSA) is 35.9 Å². The Bertz CT molecular complexity index is 503. The van der Waals surface area contributed by atoms with Crippen molar-refractivity contribution in [3.05, 3.63) is 35.4 Å². The molecule has 0 radical (unpaired) electrons. The Morgan fingerprint density at radius 3 is 2.52 bits per heavy atom. The number of aliphatic hydroxyl groups is 1. The van der Waals surface area contributed by atoms with Gasteiger partial charge in [-0.05, 0) is 31.0 Å². The van der Waals surface area contributed by atoms with Crippen LogP contribution in [0.4, 0.5) is 8.78 Å². The third kappa shape index (κ3) is 4.26. The Labute approximate surface area is 135 Å². The van der Waals surface area contributed by atoms with Crippen LogP contribution in [0.1, 0.15) is 18.1 Å². The summed E-state index contributed by atoms with van der Waals surface area (Å²) in [5.74, 6) is -0.811. The van der Waals surface area contributed by atoms with Gasteiger partial charge in [0.25, 0.3) is 0 Å². The summed E-state index contributed by atoms with van der Waals surface area (Å²) in [6, 6.07) is 3.69. The summed E-state index contributed by atoms with van der Waals surface area (Å²) in [6.07, 6.45) is -0.0672. The summed E-state index contributed by atoms with van der Waals surface area (Å²) in [5.41, 5.74) is -0.218. The van der Waals surface area contributed by atoms with Crippen molar-refractivity contribution >= 4 is 0 Å². The number of likely N-dealkylation sites (tertiary alicyclic amines) is 1. The number of benzene rings is 1. The molecule has 4 nitrogen and oxygen atoms in total. The highest BCUT2D eigenvalue weighted by Crippen LogP contribution is 2.25. The van der Waals surface area contributed by atoms with Crippen molar-refractivity contribution < 1.29 is 18.6 Å². The van der Waals surface area contributed by atoms with E-state index >= 15 is 0 Å². The van der Waals surface area contributed by atoms with Gasteiger partial charge in [-0.15, -0.1) is 0 Å². The number of ether oxygens (including phenoxy) is 1. The van der Waals surface area contributed by atoms with Gasteiger partial charge in [-0.1, -0.05) is 6.07 Å². The van der Waals surface area contributed by atoms with Gasteiger partial charge < -0.3 is 14.7 Å². The van der Waals surface area contributed by atoms with E-state index in [9.17, 15) is 13.9 Å². The van der Waals surface area contributed by atoms with Gasteiger partial charge in [-0.25, -0.2) is 8.78 Å². The number of rotatable bonds is 5. The molecule has 2 aliphatic heterocycles. The first-order chi connectivity index (χ1) is 11.1. The molecule has 0 aliphatic carbocycles. The zero-order valence-electron chi connectivity index (χ0n) is 13.3. The monoisotopic (exact) mass is 326 g/mol. The predicted molar refractivity (Wildman–Crippen MR) is 83.1 cm³/mol. The van der Waals surface area contributed by atoms with Crippen molar-refractivity contribution in [1.82, 2.24) is 9.80 Å². The molecule has 0 saturated carbocycles. The highest BCUT2D eigenvalue weighted by Gasteiger charge is 2.28. The predicted octanol–water partition coefficient (Wildman–Crippen LogP) is 1.65. The summed E-state index contributed by atoms with van der Waals surface area (Å²) < 4.78 is 32.8. The van der Waals surface area contributed by atoms with E-state index < -0.39 is 17.7 Å².